The van der Waals surface area contributed by atoms with Gasteiger partial charge in [0.05, 0.1) is 0 Å². The van der Waals surface area contributed by atoms with E-state index in [4.69, 9.17) is 0 Å². The Kier molecular flexibility index (Phi) is 2.91. The van der Waals surface area contributed by atoms with Gasteiger partial charge in [-0.05, 0) is 30.8 Å². The molecule has 0 N–H and O–H groups in total. The molecule has 0 fully saturated rings. The zero-order valence-electron chi connectivity index (χ0n) is 8.01. The van der Waals surface area contributed by atoms with E-state index in [2.05, 4.69) is 15.0 Å². The van der Waals surface area contributed by atoms with E-state index in [9.17, 15) is 4.39 Å². The SMILES string of the molecule is Cc1ccc(Sc2ncnc(F)n2)cc1. The predicted octanol–water partition coefficient (Wildman–Crippen LogP) is 2.47. The molecule has 0 bridgehead atoms. The van der Waals surface area contributed by atoms with Crippen LogP contribution in [0.2, 0.25) is 0 Å². The Morgan fingerprint density at radius 3 is 2.53 bits per heavy atom. The fourth-order valence-corrected chi connectivity index (χ4v) is 1.73. The van der Waals surface area contributed by atoms with Gasteiger partial charge in [-0.2, -0.15) is 14.4 Å². The average molecular weight is 221 g/mol. The molecule has 76 valence electrons. The third-order valence-electron chi connectivity index (χ3n) is 1.75. The molecule has 0 radical (unpaired) electrons. The van der Waals surface area contributed by atoms with Crippen molar-refractivity contribution in [3.63, 3.8) is 0 Å². The van der Waals surface area contributed by atoms with Gasteiger partial charge in [-0.15, -0.1) is 0 Å². The second-order valence-electron chi connectivity index (χ2n) is 2.95. The van der Waals surface area contributed by atoms with Crippen LogP contribution in [0.3, 0.4) is 0 Å². The zero-order chi connectivity index (χ0) is 10.7. The molecule has 0 saturated heterocycles. The first-order valence-corrected chi connectivity index (χ1v) is 5.15. The zero-order valence-corrected chi connectivity index (χ0v) is 8.83. The molecule has 1 aromatic heterocycles. The van der Waals surface area contributed by atoms with Gasteiger partial charge in [-0.3, -0.25) is 0 Å². The predicted molar refractivity (Wildman–Crippen MR) is 55.1 cm³/mol. The summed E-state index contributed by atoms with van der Waals surface area (Å²) in [7, 11) is 0. The summed E-state index contributed by atoms with van der Waals surface area (Å²) in [6.07, 6.45) is 0.415. The minimum Gasteiger partial charge on any atom is -0.210 e. The molecule has 5 heteroatoms. The maximum Gasteiger partial charge on any atom is 0.312 e. The third kappa shape index (κ3) is 2.73. The lowest BCUT2D eigenvalue weighted by Crippen LogP contribution is -1.92. The second-order valence-corrected chi connectivity index (χ2v) is 3.99. The van der Waals surface area contributed by atoms with Gasteiger partial charge < -0.3 is 0 Å². The summed E-state index contributed by atoms with van der Waals surface area (Å²) < 4.78 is 12.7. The normalized spacial score (nSPS) is 10.3. The Bertz CT molecular complexity index is 458. The van der Waals surface area contributed by atoms with Crippen molar-refractivity contribution in [2.45, 2.75) is 17.0 Å². The number of hydrogen-bond donors (Lipinski definition) is 0. The quantitative estimate of drug-likeness (QED) is 0.780. The Labute approximate surface area is 90.8 Å². The minimum atomic E-state index is -0.750. The van der Waals surface area contributed by atoms with Crippen LogP contribution in [0.4, 0.5) is 4.39 Å². The molecule has 0 spiro atoms. The fraction of sp³-hybridized carbons (Fsp3) is 0.100. The summed E-state index contributed by atoms with van der Waals surface area (Å²) in [5, 5.41) is 0.367. The number of aromatic nitrogens is 3. The van der Waals surface area contributed by atoms with E-state index in [1.54, 1.807) is 0 Å². The van der Waals surface area contributed by atoms with Crippen molar-refractivity contribution < 1.29 is 4.39 Å². The largest absolute Gasteiger partial charge is 0.312 e. The molecule has 0 aliphatic heterocycles. The van der Waals surface area contributed by atoms with Gasteiger partial charge in [-0.1, -0.05) is 17.7 Å². The molecule has 1 aromatic carbocycles. The van der Waals surface area contributed by atoms with Crippen LogP contribution in [0.25, 0.3) is 0 Å². The highest BCUT2D eigenvalue weighted by Crippen LogP contribution is 2.23. The minimum absolute atomic E-state index is 0.367. The second kappa shape index (κ2) is 4.35. The van der Waals surface area contributed by atoms with E-state index in [0.29, 0.717) is 5.16 Å². The van der Waals surface area contributed by atoms with E-state index in [-0.39, 0.29) is 0 Å². The van der Waals surface area contributed by atoms with E-state index in [1.165, 1.54) is 23.7 Å². The first kappa shape index (κ1) is 10.0. The highest BCUT2D eigenvalue weighted by molar-refractivity contribution is 7.99. The molecular weight excluding hydrogens is 213 g/mol. The fourth-order valence-electron chi connectivity index (χ4n) is 1.02. The molecule has 2 aromatic rings. The van der Waals surface area contributed by atoms with E-state index >= 15 is 0 Å². The molecule has 0 amide bonds. The number of hydrogen-bond acceptors (Lipinski definition) is 4. The maximum absolute atomic E-state index is 12.7. The lowest BCUT2D eigenvalue weighted by atomic mass is 10.2. The number of rotatable bonds is 2. The Balaban J connectivity index is 2.18. The molecule has 0 atom stereocenters. The molecule has 3 nitrogen and oxygen atoms in total. The van der Waals surface area contributed by atoms with Gasteiger partial charge in [0.2, 0.25) is 0 Å². The van der Waals surface area contributed by atoms with Crippen LogP contribution in [0.15, 0.2) is 40.6 Å². The van der Waals surface area contributed by atoms with Crippen LogP contribution in [-0.4, -0.2) is 15.0 Å². The summed E-state index contributed by atoms with van der Waals surface area (Å²) >= 11 is 1.31. The molecule has 0 unspecified atom stereocenters. The van der Waals surface area contributed by atoms with Crippen LogP contribution in [-0.2, 0) is 0 Å². The third-order valence-corrected chi connectivity index (χ3v) is 2.64. The smallest absolute Gasteiger partial charge is 0.210 e. The molecule has 0 aliphatic rings. The topological polar surface area (TPSA) is 38.7 Å². The summed E-state index contributed by atoms with van der Waals surface area (Å²) in [5.41, 5.74) is 1.18. The van der Waals surface area contributed by atoms with Crippen molar-refractivity contribution in [3.8, 4) is 0 Å². The van der Waals surface area contributed by atoms with Crippen LogP contribution >= 0.6 is 11.8 Å². The molecule has 2 rings (SSSR count). The maximum atomic E-state index is 12.7. The van der Waals surface area contributed by atoms with Crippen LogP contribution in [0.5, 0.6) is 0 Å². The highest BCUT2D eigenvalue weighted by atomic mass is 32.2. The van der Waals surface area contributed by atoms with Crippen molar-refractivity contribution in [2.75, 3.05) is 0 Å². The summed E-state index contributed by atoms with van der Waals surface area (Å²) in [6.45, 7) is 2.01. The lowest BCUT2D eigenvalue weighted by molar-refractivity contribution is 0.515. The number of aryl methyl sites for hydroxylation is 1. The number of halogens is 1. The summed E-state index contributed by atoms with van der Waals surface area (Å²) in [4.78, 5) is 11.7. The first-order valence-electron chi connectivity index (χ1n) is 4.33. The average Bonchev–Trinajstić information content (AvgIpc) is 2.22. The van der Waals surface area contributed by atoms with Crippen LogP contribution < -0.4 is 0 Å². The number of nitrogens with zero attached hydrogens (tertiary/aromatic N) is 3. The Morgan fingerprint density at radius 2 is 1.87 bits per heavy atom. The van der Waals surface area contributed by atoms with E-state index in [1.807, 2.05) is 31.2 Å². The molecule has 0 aliphatic carbocycles. The summed E-state index contributed by atoms with van der Waals surface area (Å²) in [6, 6.07) is 7.86. The van der Waals surface area contributed by atoms with E-state index < -0.39 is 6.08 Å². The van der Waals surface area contributed by atoms with Crippen molar-refractivity contribution in [1.29, 1.82) is 0 Å². The molecule has 15 heavy (non-hydrogen) atoms. The standard InChI is InChI=1S/C10H8FN3S/c1-7-2-4-8(5-3-7)15-10-13-6-12-9(11)14-10/h2-6H,1H3. The summed E-state index contributed by atoms with van der Waals surface area (Å²) in [5.74, 6) is 0. The Hall–Kier alpha value is -1.49. The van der Waals surface area contributed by atoms with Gasteiger partial charge in [-0.25, -0.2) is 4.98 Å². The number of benzene rings is 1. The van der Waals surface area contributed by atoms with Crippen molar-refractivity contribution in [1.82, 2.24) is 15.0 Å². The van der Waals surface area contributed by atoms with Crippen LogP contribution in [0.1, 0.15) is 5.56 Å². The lowest BCUT2D eigenvalue weighted by Gasteiger charge is -1.99. The monoisotopic (exact) mass is 221 g/mol. The van der Waals surface area contributed by atoms with Gasteiger partial charge in [0.1, 0.15) is 6.33 Å². The van der Waals surface area contributed by atoms with E-state index in [0.717, 1.165) is 4.90 Å². The highest BCUT2D eigenvalue weighted by Gasteiger charge is 2.01. The molecule has 1 heterocycles. The van der Waals surface area contributed by atoms with Crippen molar-refractivity contribution in [2.24, 2.45) is 0 Å². The van der Waals surface area contributed by atoms with Gasteiger partial charge in [0.15, 0.2) is 5.16 Å². The Morgan fingerprint density at radius 1 is 1.13 bits per heavy atom. The van der Waals surface area contributed by atoms with Gasteiger partial charge in [0.25, 0.3) is 0 Å². The van der Waals surface area contributed by atoms with Crippen molar-refractivity contribution >= 4 is 11.8 Å². The van der Waals surface area contributed by atoms with Crippen LogP contribution in [0, 0.1) is 13.0 Å². The molecular formula is C10H8FN3S. The first-order chi connectivity index (χ1) is 7.24. The van der Waals surface area contributed by atoms with Gasteiger partial charge in [0, 0.05) is 4.90 Å². The van der Waals surface area contributed by atoms with Crippen molar-refractivity contribution in [3.05, 3.63) is 42.2 Å². The van der Waals surface area contributed by atoms with Gasteiger partial charge >= 0.3 is 6.08 Å². The molecule has 0 saturated carbocycles.